The zero-order valence-corrected chi connectivity index (χ0v) is 15.1. The second-order valence-corrected chi connectivity index (χ2v) is 6.87. The molecule has 0 aromatic heterocycles. The van der Waals surface area contributed by atoms with Crippen LogP contribution < -0.4 is 51.4 Å². The van der Waals surface area contributed by atoms with Crippen molar-refractivity contribution in [2.45, 2.75) is 57.0 Å². The maximum absolute atomic E-state index is 2.87. The van der Waals surface area contributed by atoms with Crippen LogP contribution in [0.1, 0.15) is 46.4 Å². The molecule has 4 saturated heterocycles. The molecule has 0 spiro atoms. The van der Waals surface area contributed by atoms with Gasteiger partial charge in [-0.05, 0) is 57.0 Å². The van der Waals surface area contributed by atoms with Crippen molar-refractivity contribution in [3.8, 4) is 0 Å². The largest absolute Gasteiger partial charge is 1.00 e. The first-order chi connectivity index (χ1) is 8.42. The maximum Gasteiger partial charge on any atom is 1.00 e. The fourth-order valence-electron chi connectivity index (χ4n) is 5.25. The Morgan fingerprint density at radius 1 is 0.722 bits per heavy atom. The Bertz CT molecular complexity index is 274. The zero-order valence-electron chi connectivity index (χ0n) is 13.0. The SMILES string of the molecule is C1CCN2C[C@H]3C[C@@H](CN4CCCC[C@@H]34)[C@H]2C1.[H-].[K+]. The van der Waals surface area contributed by atoms with Crippen molar-refractivity contribution in [3.63, 3.8) is 0 Å². The van der Waals surface area contributed by atoms with Crippen molar-refractivity contribution in [2.75, 3.05) is 26.2 Å². The summed E-state index contributed by atoms with van der Waals surface area (Å²) in [5.74, 6) is 2.03. The first-order valence-corrected chi connectivity index (χ1v) is 7.90. The molecule has 0 aliphatic carbocycles. The van der Waals surface area contributed by atoms with Crippen LogP contribution in [0.25, 0.3) is 0 Å². The molecule has 0 aromatic rings. The Morgan fingerprint density at radius 3 is 1.72 bits per heavy atom. The van der Waals surface area contributed by atoms with E-state index in [0.717, 1.165) is 23.9 Å². The molecule has 2 bridgehead atoms. The fourth-order valence-corrected chi connectivity index (χ4v) is 5.25. The van der Waals surface area contributed by atoms with Crippen LogP contribution in [0.2, 0.25) is 0 Å². The summed E-state index contributed by atoms with van der Waals surface area (Å²) in [6.45, 7) is 5.68. The summed E-state index contributed by atoms with van der Waals surface area (Å²) >= 11 is 0. The molecule has 4 heterocycles. The van der Waals surface area contributed by atoms with Gasteiger partial charge in [0.2, 0.25) is 0 Å². The minimum Gasteiger partial charge on any atom is -1.00 e. The van der Waals surface area contributed by atoms with Gasteiger partial charge in [-0.25, -0.2) is 0 Å². The molecular weight excluding hydrogens is 247 g/mol. The van der Waals surface area contributed by atoms with E-state index in [-0.39, 0.29) is 52.8 Å². The third kappa shape index (κ3) is 2.54. The second kappa shape index (κ2) is 6.13. The Labute approximate surface area is 156 Å². The van der Waals surface area contributed by atoms with Gasteiger partial charge < -0.3 is 1.43 Å². The van der Waals surface area contributed by atoms with Crippen molar-refractivity contribution in [1.29, 1.82) is 0 Å². The predicted molar refractivity (Wildman–Crippen MR) is 71.1 cm³/mol. The molecule has 4 aliphatic heterocycles. The van der Waals surface area contributed by atoms with Crippen molar-refractivity contribution in [2.24, 2.45) is 11.8 Å². The summed E-state index contributed by atoms with van der Waals surface area (Å²) in [5.41, 5.74) is 0. The van der Waals surface area contributed by atoms with Gasteiger partial charge in [0, 0.05) is 25.2 Å². The van der Waals surface area contributed by atoms with E-state index in [1.165, 1.54) is 64.7 Å². The molecule has 4 fully saturated rings. The van der Waals surface area contributed by atoms with Crippen LogP contribution in [0.15, 0.2) is 0 Å². The molecule has 0 amide bonds. The number of nitrogens with zero attached hydrogens (tertiary/aromatic N) is 2. The number of piperidine rings is 4. The average Bonchev–Trinajstić information content (AvgIpc) is 2.39. The molecule has 98 valence electrons. The van der Waals surface area contributed by atoms with Crippen LogP contribution in [0.3, 0.4) is 0 Å². The Kier molecular flexibility index (Phi) is 4.93. The van der Waals surface area contributed by atoms with Gasteiger partial charge in [-0.2, -0.15) is 0 Å². The molecule has 0 unspecified atom stereocenters. The van der Waals surface area contributed by atoms with E-state index in [1.54, 1.807) is 6.42 Å². The van der Waals surface area contributed by atoms with Gasteiger partial charge in [0.1, 0.15) is 0 Å². The minimum atomic E-state index is 0. The molecule has 0 aromatic carbocycles. The Hall–Kier alpha value is 1.56. The minimum absolute atomic E-state index is 0. The molecule has 4 rings (SSSR count). The van der Waals surface area contributed by atoms with Crippen LogP contribution in [0.4, 0.5) is 0 Å². The molecule has 4 atom stereocenters. The van der Waals surface area contributed by atoms with E-state index in [1.807, 2.05) is 0 Å². The summed E-state index contributed by atoms with van der Waals surface area (Å²) in [5, 5.41) is 0. The molecule has 0 saturated carbocycles. The van der Waals surface area contributed by atoms with Gasteiger partial charge in [-0.3, -0.25) is 9.80 Å². The Balaban J connectivity index is 0.000000667. The molecule has 2 nitrogen and oxygen atoms in total. The van der Waals surface area contributed by atoms with Gasteiger partial charge in [-0.15, -0.1) is 0 Å². The molecular formula is C15H27KN2. The van der Waals surface area contributed by atoms with Crippen molar-refractivity contribution < 1.29 is 52.8 Å². The number of rotatable bonds is 0. The van der Waals surface area contributed by atoms with Gasteiger partial charge in [0.05, 0.1) is 0 Å². The summed E-state index contributed by atoms with van der Waals surface area (Å²) in [6, 6.07) is 1.92. The molecule has 0 radical (unpaired) electrons. The van der Waals surface area contributed by atoms with Gasteiger partial charge >= 0.3 is 51.4 Å². The second-order valence-electron chi connectivity index (χ2n) is 6.87. The van der Waals surface area contributed by atoms with E-state index in [2.05, 4.69) is 9.80 Å². The predicted octanol–water partition coefficient (Wildman–Crippen LogP) is -0.538. The van der Waals surface area contributed by atoms with Crippen LogP contribution >= 0.6 is 0 Å². The van der Waals surface area contributed by atoms with E-state index < -0.39 is 0 Å². The summed E-state index contributed by atoms with van der Waals surface area (Å²) in [4.78, 5) is 5.74. The third-order valence-corrected chi connectivity index (χ3v) is 5.96. The van der Waals surface area contributed by atoms with E-state index >= 15 is 0 Å². The number of hydrogen-bond acceptors (Lipinski definition) is 2. The fraction of sp³-hybridized carbons (Fsp3) is 1.00. The monoisotopic (exact) mass is 274 g/mol. The molecule has 4 aliphatic rings. The molecule has 18 heavy (non-hydrogen) atoms. The smallest absolute Gasteiger partial charge is 1.00 e. The van der Waals surface area contributed by atoms with E-state index in [4.69, 9.17) is 0 Å². The molecule has 0 N–H and O–H groups in total. The Morgan fingerprint density at radius 2 is 1.22 bits per heavy atom. The van der Waals surface area contributed by atoms with Crippen LogP contribution in [-0.2, 0) is 0 Å². The maximum atomic E-state index is 2.87. The van der Waals surface area contributed by atoms with E-state index in [9.17, 15) is 0 Å². The third-order valence-electron chi connectivity index (χ3n) is 5.96. The van der Waals surface area contributed by atoms with E-state index in [0.29, 0.717) is 0 Å². The van der Waals surface area contributed by atoms with Gasteiger partial charge in [-0.1, -0.05) is 12.8 Å². The van der Waals surface area contributed by atoms with Crippen LogP contribution in [-0.4, -0.2) is 48.1 Å². The van der Waals surface area contributed by atoms with Crippen molar-refractivity contribution >= 4 is 0 Å². The van der Waals surface area contributed by atoms with Crippen LogP contribution in [0.5, 0.6) is 0 Å². The van der Waals surface area contributed by atoms with Crippen molar-refractivity contribution in [1.82, 2.24) is 9.80 Å². The number of fused-ring (bicyclic) bond motifs is 6. The first-order valence-electron chi connectivity index (χ1n) is 7.90. The van der Waals surface area contributed by atoms with Gasteiger partial charge in [0.25, 0.3) is 0 Å². The standard InChI is InChI=1S/C15H26N2.K.H/c1-3-7-16-11-13-9-12(14(16)5-1)10-17-8-4-2-6-15(13)17;;/h12-15H,1-11H2;;/q;+1;-1/t12-,13+,14+,15-;;. The quantitative estimate of drug-likeness (QED) is 0.548. The normalized spacial score (nSPS) is 44.7. The topological polar surface area (TPSA) is 6.48 Å². The first kappa shape index (κ1) is 14.5. The zero-order chi connectivity index (χ0) is 11.2. The summed E-state index contributed by atoms with van der Waals surface area (Å²) in [7, 11) is 0. The van der Waals surface area contributed by atoms with Crippen LogP contribution in [0, 0.1) is 11.8 Å². The average molecular weight is 274 g/mol. The summed E-state index contributed by atoms with van der Waals surface area (Å²) < 4.78 is 0. The number of hydrogen-bond donors (Lipinski definition) is 0. The molecule has 3 heteroatoms. The summed E-state index contributed by atoms with van der Waals surface area (Å²) in [6.07, 6.45) is 10.5. The van der Waals surface area contributed by atoms with Gasteiger partial charge in [0.15, 0.2) is 0 Å². The van der Waals surface area contributed by atoms with Crippen molar-refractivity contribution in [3.05, 3.63) is 0 Å².